The number of amides is 1. The van der Waals surface area contributed by atoms with Gasteiger partial charge in [0.2, 0.25) is 5.91 Å². The molecule has 7 nitrogen and oxygen atoms in total. The molecular weight excluding hydrogens is 335 g/mol. The molecule has 1 unspecified atom stereocenters. The van der Waals surface area contributed by atoms with Gasteiger partial charge in [-0.25, -0.2) is 9.07 Å². The van der Waals surface area contributed by atoms with E-state index in [4.69, 9.17) is 0 Å². The molecule has 0 radical (unpaired) electrons. The lowest BCUT2D eigenvalue weighted by molar-refractivity contribution is -0.132. The molecule has 1 fully saturated rings. The van der Waals surface area contributed by atoms with E-state index >= 15 is 0 Å². The van der Waals surface area contributed by atoms with Gasteiger partial charge in [0.05, 0.1) is 0 Å². The molecule has 0 saturated carbocycles. The van der Waals surface area contributed by atoms with Gasteiger partial charge in [-0.05, 0) is 40.5 Å². The molecule has 3 rings (SSSR count). The minimum atomic E-state index is -0.218. The molecule has 0 N–H and O–H groups in total. The number of hydrogen-bond acceptors (Lipinski definition) is 5. The highest BCUT2D eigenvalue weighted by molar-refractivity contribution is 5.75. The Morgan fingerprint density at radius 2 is 2.04 bits per heavy atom. The number of benzene rings is 1. The van der Waals surface area contributed by atoms with Crippen LogP contribution in [0, 0.1) is 11.7 Å². The molecule has 2 aromatic rings. The van der Waals surface area contributed by atoms with Crippen molar-refractivity contribution in [2.24, 2.45) is 5.92 Å². The zero-order chi connectivity index (χ0) is 18.5. The molecule has 0 spiro atoms. The lowest BCUT2D eigenvalue weighted by Crippen LogP contribution is -2.46. The number of aromatic nitrogens is 4. The van der Waals surface area contributed by atoms with E-state index in [0.717, 1.165) is 31.6 Å². The maximum absolute atomic E-state index is 13.2. The molecule has 1 atom stereocenters. The fraction of sp³-hybridized carbons (Fsp3) is 0.556. The maximum Gasteiger partial charge on any atom is 0.244 e. The quantitative estimate of drug-likeness (QED) is 0.810. The van der Waals surface area contributed by atoms with Gasteiger partial charge in [-0.1, -0.05) is 26.0 Å². The van der Waals surface area contributed by atoms with Crippen LogP contribution in [0.5, 0.6) is 0 Å². The fourth-order valence-corrected chi connectivity index (χ4v) is 3.43. The summed E-state index contributed by atoms with van der Waals surface area (Å²) in [6.07, 6.45) is 2.36. The minimum absolute atomic E-state index is 0.0339. The number of tetrazole rings is 1. The highest BCUT2D eigenvalue weighted by Crippen LogP contribution is 2.20. The van der Waals surface area contributed by atoms with E-state index in [9.17, 15) is 9.18 Å². The summed E-state index contributed by atoms with van der Waals surface area (Å²) in [6.45, 7) is 7.60. The van der Waals surface area contributed by atoms with Gasteiger partial charge in [0.15, 0.2) is 0 Å². The number of rotatable bonds is 5. The van der Waals surface area contributed by atoms with Gasteiger partial charge in [-0.3, -0.25) is 9.69 Å². The number of hydrogen-bond donors (Lipinski definition) is 0. The Hall–Kier alpha value is -2.35. The van der Waals surface area contributed by atoms with Crippen LogP contribution in [-0.2, 0) is 17.9 Å². The van der Waals surface area contributed by atoms with Crippen molar-refractivity contribution < 1.29 is 9.18 Å². The summed E-state index contributed by atoms with van der Waals surface area (Å²) in [7, 11) is 0. The first kappa shape index (κ1) is 18.4. The first-order valence-electron chi connectivity index (χ1n) is 9.00. The second-order valence-corrected chi connectivity index (χ2v) is 7.11. The van der Waals surface area contributed by atoms with Crippen LogP contribution < -0.4 is 0 Å². The Morgan fingerprint density at radius 3 is 2.69 bits per heavy atom. The zero-order valence-electron chi connectivity index (χ0n) is 15.3. The first-order chi connectivity index (χ1) is 12.5. The summed E-state index contributed by atoms with van der Waals surface area (Å²) < 4.78 is 14.6. The molecule has 0 bridgehead atoms. The summed E-state index contributed by atoms with van der Waals surface area (Å²) in [5.74, 6) is 0.216. The lowest BCUT2D eigenvalue weighted by Gasteiger charge is -2.34. The van der Waals surface area contributed by atoms with Crippen LogP contribution in [-0.4, -0.2) is 61.6 Å². The predicted octanol–water partition coefficient (Wildman–Crippen LogP) is 1.57. The predicted molar refractivity (Wildman–Crippen MR) is 94.5 cm³/mol. The van der Waals surface area contributed by atoms with Gasteiger partial charge < -0.3 is 4.90 Å². The molecule has 1 aromatic carbocycles. The van der Waals surface area contributed by atoms with Crippen LogP contribution in [0.25, 0.3) is 0 Å². The van der Waals surface area contributed by atoms with E-state index < -0.39 is 0 Å². The summed E-state index contributed by atoms with van der Waals surface area (Å²) in [6, 6.07) is 6.91. The van der Waals surface area contributed by atoms with Crippen molar-refractivity contribution in [1.29, 1.82) is 0 Å². The minimum Gasteiger partial charge on any atom is -0.339 e. The molecule has 26 heavy (non-hydrogen) atoms. The first-order valence-corrected chi connectivity index (χ1v) is 9.00. The normalized spacial score (nSPS) is 18.9. The Balaban J connectivity index is 1.68. The number of nitrogens with zero attached hydrogens (tertiary/aromatic N) is 6. The van der Waals surface area contributed by atoms with Crippen molar-refractivity contribution in [2.45, 2.75) is 39.4 Å². The van der Waals surface area contributed by atoms with Crippen LogP contribution in [0.4, 0.5) is 4.39 Å². The van der Waals surface area contributed by atoms with Crippen LogP contribution in [0.1, 0.15) is 25.8 Å². The van der Waals surface area contributed by atoms with Gasteiger partial charge in [0, 0.05) is 32.2 Å². The third-order valence-corrected chi connectivity index (χ3v) is 4.86. The molecule has 0 aliphatic carbocycles. The van der Waals surface area contributed by atoms with E-state index in [1.165, 1.54) is 23.1 Å². The highest BCUT2D eigenvalue weighted by Gasteiger charge is 2.29. The molecule has 1 saturated heterocycles. The van der Waals surface area contributed by atoms with Crippen molar-refractivity contribution in [2.75, 3.05) is 19.6 Å². The lowest BCUT2D eigenvalue weighted by atomic mass is 10.0. The van der Waals surface area contributed by atoms with E-state index in [-0.39, 0.29) is 24.3 Å². The van der Waals surface area contributed by atoms with E-state index in [1.807, 2.05) is 17.0 Å². The van der Waals surface area contributed by atoms with E-state index in [0.29, 0.717) is 12.5 Å². The number of carbonyl (C=O) groups excluding carboxylic acids is 1. The largest absolute Gasteiger partial charge is 0.339 e. The molecule has 1 aromatic heterocycles. The Bertz CT molecular complexity index is 703. The van der Waals surface area contributed by atoms with Crippen LogP contribution in [0.3, 0.4) is 0 Å². The zero-order valence-corrected chi connectivity index (χ0v) is 15.3. The van der Waals surface area contributed by atoms with Gasteiger partial charge in [0.25, 0.3) is 0 Å². The van der Waals surface area contributed by atoms with Crippen molar-refractivity contribution in [1.82, 2.24) is 30.0 Å². The Morgan fingerprint density at radius 1 is 1.27 bits per heavy atom. The summed E-state index contributed by atoms with van der Waals surface area (Å²) >= 11 is 0. The van der Waals surface area contributed by atoms with E-state index in [1.54, 1.807) is 0 Å². The van der Waals surface area contributed by atoms with Crippen molar-refractivity contribution in [3.05, 3.63) is 42.0 Å². The smallest absolute Gasteiger partial charge is 0.244 e. The fourth-order valence-electron chi connectivity index (χ4n) is 3.43. The third-order valence-electron chi connectivity index (χ3n) is 4.86. The Kier molecular flexibility index (Phi) is 5.92. The molecule has 1 amide bonds. The van der Waals surface area contributed by atoms with Gasteiger partial charge in [0.1, 0.15) is 18.7 Å². The van der Waals surface area contributed by atoms with Crippen molar-refractivity contribution in [3.8, 4) is 0 Å². The van der Waals surface area contributed by atoms with Crippen LogP contribution in [0.15, 0.2) is 30.6 Å². The monoisotopic (exact) mass is 360 g/mol. The molecule has 2 heterocycles. The number of halogens is 1. The van der Waals surface area contributed by atoms with Gasteiger partial charge in [-0.2, -0.15) is 0 Å². The van der Waals surface area contributed by atoms with Crippen LogP contribution >= 0.6 is 0 Å². The average molecular weight is 360 g/mol. The molecule has 1 aliphatic rings. The third kappa shape index (κ3) is 4.63. The maximum atomic E-state index is 13.2. The van der Waals surface area contributed by atoms with Gasteiger partial charge in [-0.15, -0.1) is 5.10 Å². The average Bonchev–Trinajstić information content (AvgIpc) is 3.02. The molecule has 140 valence electrons. The van der Waals surface area contributed by atoms with Gasteiger partial charge >= 0.3 is 0 Å². The summed E-state index contributed by atoms with van der Waals surface area (Å²) in [4.78, 5) is 17.0. The second-order valence-electron chi connectivity index (χ2n) is 7.11. The molecular formula is C18H25FN6O. The second kappa shape index (κ2) is 8.35. The molecule has 1 aliphatic heterocycles. The van der Waals surface area contributed by atoms with E-state index in [2.05, 4.69) is 34.3 Å². The summed E-state index contributed by atoms with van der Waals surface area (Å²) in [5.41, 5.74) is 1.09. The van der Waals surface area contributed by atoms with Crippen molar-refractivity contribution in [3.63, 3.8) is 0 Å². The van der Waals surface area contributed by atoms with Crippen LogP contribution in [0.2, 0.25) is 0 Å². The Labute approximate surface area is 152 Å². The molecule has 8 heteroatoms. The topological polar surface area (TPSA) is 67.2 Å². The number of carbonyl (C=O) groups is 1. The SMILES string of the molecule is CC(C)C1CN(C(=O)Cn2cnnn2)CCCN1Cc1ccc(F)cc1. The highest BCUT2D eigenvalue weighted by atomic mass is 19.1. The standard InChI is InChI=1S/C18H25FN6O/c1-14(2)17-11-24(18(26)12-25-13-20-21-22-25)9-3-8-23(17)10-15-4-6-16(19)7-5-15/h4-7,13-14,17H,3,8-12H2,1-2H3. The summed E-state index contributed by atoms with van der Waals surface area (Å²) in [5, 5.41) is 10.9. The van der Waals surface area contributed by atoms with Crippen molar-refractivity contribution >= 4 is 5.91 Å².